The van der Waals surface area contributed by atoms with Crippen LogP contribution < -0.4 is 10.6 Å². The van der Waals surface area contributed by atoms with E-state index in [2.05, 4.69) is 4.90 Å². The number of esters is 1. The van der Waals surface area contributed by atoms with Gasteiger partial charge in [-0.15, -0.1) is 0 Å². The van der Waals surface area contributed by atoms with E-state index in [4.69, 9.17) is 27.1 Å². The van der Waals surface area contributed by atoms with E-state index in [1.165, 1.54) is 0 Å². The van der Waals surface area contributed by atoms with E-state index in [0.717, 1.165) is 49.1 Å². The van der Waals surface area contributed by atoms with Crippen molar-refractivity contribution in [3.63, 3.8) is 0 Å². The second-order valence-corrected chi connectivity index (χ2v) is 7.04. The van der Waals surface area contributed by atoms with Crippen molar-refractivity contribution in [1.82, 2.24) is 4.98 Å². The molecule has 3 rings (SSSR count). The first-order valence-electron chi connectivity index (χ1n) is 8.76. The molecule has 6 nitrogen and oxygen atoms in total. The van der Waals surface area contributed by atoms with Crippen molar-refractivity contribution in [2.24, 2.45) is 11.7 Å². The van der Waals surface area contributed by atoms with Gasteiger partial charge in [-0.25, -0.2) is 4.98 Å². The van der Waals surface area contributed by atoms with E-state index in [1.807, 2.05) is 30.3 Å². The third kappa shape index (κ3) is 4.85. The summed E-state index contributed by atoms with van der Waals surface area (Å²) in [6, 6.07) is 9.78. The molecule has 7 heteroatoms. The fourth-order valence-corrected chi connectivity index (χ4v) is 3.44. The maximum Gasteiger partial charge on any atom is 0.306 e. The maximum absolute atomic E-state index is 11.6. The highest BCUT2D eigenvalue weighted by molar-refractivity contribution is 6.31. The van der Waals surface area contributed by atoms with Gasteiger partial charge in [0.15, 0.2) is 6.61 Å². The summed E-state index contributed by atoms with van der Waals surface area (Å²) < 4.78 is 4.79. The minimum absolute atomic E-state index is 0.326. The molecule has 0 unspecified atom stereocenters. The van der Waals surface area contributed by atoms with Crippen molar-refractivity contribution in [3.8, 4) is 0 Å². The van der Waals surface area contributed by atoms with Crippen LogP contribution in [0.4, 0.5) is 5.82 Å². The van der Waals surface area contributed by atoms with E-state index in [-0.39, 0.29) is 12.6 Å². The number of fused-ring (bicyclic) bond motifs is 1. The molecule has 1 amide bonds. The zero-order valence-corrected chi connectivity index (χ0v) is 15.2. The van der Waals surface area contributed by atoms with Gasteiger partial charge in [-0.05, 0) is 55.5 Å². The predicted octanol–water partition coefficient (Wildman–Crippen LogP) is 2.91. The Morgan fingerprint density at radius 3 is 2.73 bits per heavy atom. The van der Waals surface area contributed by atoms with Gasteiger partial charge in [0.25, 0.3) is 5.91 Å². The standard InChI is InChI=1S/C19H22ClN3O3/c20-15-3-4-16-14(11-15)2-5-18(22-16)23-9-7-13(8-10-23)1-6-19(25)26-12-17(21)24/h2-5,11,13H,1,6-10,12H2,(H2,21,24). The summed E-state index contributed by atoms with van der Waals surface area (Å²) in [5.41, 5.74) is 5.89. The van der Waals surface area contributed by atoms with Gasteiger partial charge in [0, 0.05) is 29.9 Å². The number of pyridine rings is 1. The Balaban J connectivity index is 1.50. The number of halogens is 1. The molecule has 1 aliphatic rings. The van der Waals surface area contributed by atoms with Gasteiger partial charge in [-0.1, -0.05) is 11.6 Å². The summed E-state index contributed by atoms with van der Waals surface area (Å²) in [7, 11) is 0. The number of carbonyl (C=O) groups excluding carboxylic acids is 2. The van der Waals surface area contributed by atoms with Crippen LogP contribution in [-0.2, 0) is 14.3 Å². The molecular weight excluding hydrogens is 354 g/mol. The summed E-state index contributed by atoms with van der Waals surface area (Å²) in [4.78, 5) is 29.2. The molecule has 26 heavy (non-hydrogen) atoms. The van der Waals surface area contributed by atoms with Crippen molar-refractivity contribution in [2.45, 2.75) is 25.7 Å². The SMILES string of the molecule is NC(=O)COC(=O)CCC1CCN(c2ccc3cc(Cl)ccc3n2)CC1. The fraction of sp³-hybridized carbons (Fsp3) is 0.421. The van der Waals surface area contributed by atoms with Crippen LogP contribution in [0.1, 0.15) is 25.7 Å². The van der Waals surface area contributed by atoms with E-state index in [9.17, 15) is 9.59 Å². The van der Waals surface area contributed by atoms with Crippen molar-refractivity contribution >= 4 is 40.2 Å². The number of hydrogen-bond acceptors (Lipinski definition) is 5. The van der Waals surface area contributed by atoms with Crippen LogP contribution >= 0.6 is 11.6 Å². The van der Waals surface area contributed by atoms with Gasteiger partial charge in [0.05, 0.1) is 5.52 Å². The molecule has 1 saturated heterocycles. The number of aromatic nitrogens is 1. The molecule has 0 radical (unpaired) electrons. The highest BCUT2D eigenvalue weighted by atomic mass is 35.5. The van der Waals surface area contributed by atoms with Gasteiger partial charge in [0.2, 0.25) is 0 Å². The van der Waals surface area contributed by atoms with Gasteiger partial charge in [-0.3, -0.25) is 9.59 Å². The molecule has 2 N–H and O–H groups in total. The maximum atomic E-state index is 11.6. The van der Waals surface area contributed by atoms with Crippen molar-refractivity contribution in [2.75, 3.05) is 24.6 Å². The smallest absolute Gasteiger partial charge is 0.306 e. The molecule has 2 aromatic rings. The largest absolute Gasteiger partial charge is 0.456 e. The zero-order chi connectivity index (χ0) is 18.5. The third-order valence-electron chi connectivity index (χ3n) is 4.71. The molecule has 0 saturated carbocycles. The highest BCUT2D eigenvalue weighted by Crippen LogP contribution is 2.27. The monoisotopic (exact) mass is 375 g/mol. The fourth-order valence-electron chi connectivity index (χ4n) is 3.26. The van der Waals surface area contributed by atoms with Crippen molar-refractivity contribution in [1.29, 1.82) is 0 Å². The summed E-state index contributed by atoms with van der Waals surface area (Å²) in [5, 5.41) is 1.74. The minimum Gasteiger partial charge on any atom is -0.456 e. The number of nitrogens with two attached hydrogens (primary N) is 1. The summed E-state index contributed by atoms with van der Waals surface area (Å²) in [6.45, 7) is 1.48. The second kappa shape index (κ2) is 8.36. The van der Waals surface area contributed by atoms with Crippen LogP contribution in [0.2, 0.25) is 5.02 Å². The second-order valence-electron chi connectivity index (χ2n) is 6.60. The molecule has 0 atom stereocenters. The highest BCUT2D eigenvalue weighted by Gasteiger charge is 2.21. The Morgan fingerprint density at radius 1 is 1.23 bits per heavy atom. The Kier molecular flexibility index (Phi) is 5.93. The normalized spacial score (nSPS) is 15.2. The number of piperidine rings is 1. The first-order chi connectivity index (χ1) is 12.5. The Hall–Kier alpha value is -2.34. The van der Waals surface area contributed by atoms with Gasteiger partial charge in [0.1, 0.15) is 5.82 Å². The third-order valence-corrected chi connectivity index (χ3v) is 4.94. The van der Waals surface area contributed by atoms with Gasteiger partial charge >= 0.3 is 5.97 Å². The summed E-state index contributed by atoms with van der Waals surface area (Å²) in [5.74, 6) is 0.462. The molecule has 1 fully saturated rings. The Labute approximate surface area is 157 Å². The predicted molar refractivity (Wildman–Crippen MR) is 101 cm³/mol. The number of hydrogen-bond donors (Lipinski definition) is 1. The first-order valence-corrected chi connectivity index (χ1v) is 9.14. The van der Waals surface area contributed by atoms with Crippen LogP contribution in [0.25, 0.3) is 10.9 Å². The van der Waals surface area contributed by atoms with E-state index < -0.39 is 5.91 Å². The lowest BCUT2D eigenvalue weighted by molar-refractivity contribution is -0.148. The molecule has 2 heterocycles. The van der Waals surface area contributed by atoms with Crippen LogP contribution in [0.3, 0.4) is 0 Å². The Morgan fingerprint density at radius 2 is 2.00 bits per heavy atom. The van der Waals surface area contributed by atoms with Crippen LogP contribution in [0.5, 0.6) is 0 Å². The number of ether oxygens (including phenoxy) is 1. The minimum atomic E-state index is -0.628. The molecule has 0 spiro atoms. The van der Waals surface area contributed by atoms with Crippen LogP contribution in [0.15, 0.2) is 30.3 Å². The lowest BCUT2D eigenvalue weighted by atomic mass is 9.92. The average molecular weight is 376 g/mol. The summed E-state index contributed by atoms with van der Waals surface area (Å²) in [6.07, 6.45) is 3.11. The zero-order valence-electron chi connectivity index (χ0n) is 14.5. The number of benzene rings is 1. The van der Waals surface area contributed by atoms with Crippen molar-refractivity contribution < 1.29 is 14.3 Å². The van der Waals surface area contributed by atoms with Crippen molar-refractivity contribution in [3.05, 3.63) is 35.4 Å². The number of amides is 1. The number of nitrogens with zero attached hydrogens (tertiary/aromatic N) is 2. The van der Waals surface area contributed by atoms with E-state index in [1.54, 1.807) is 0 Å². The lowest BCUT2D eigenvalue weighted by Gasteiger charge is -2.32. The molecule has 0 aliphatic carbocycles. The van der Waals surface area contributed by atoms with Crippen LogP contribution in [-0.4, -0.2) is 36.6 Å². The molecule has 1 aromatic carbocycles. The molecule has 138 valence electrons. The average Bonchev–Trinajstić information content (AvgIpc) is 2.64. The molecular formula is C19H22ClN3O3. The van der Waals surface area contributed by atoms with Gasteiger partial charge < -0.3 is 15.4 Å². The first kappa shape index (κ1) is 18.5. The Bertz CT molecular complexity index is 804. The van der Waals surface area contributed by atoms with E-state index in [0.29, 0.717) is 17.4 Å². The van der Waals surface area contributed by atoms with Crippen LogP contribution in [0, 0.1) is 5.92 Å². The summed E-state index contributed by atoms with van der Waals surface area (Å²) >= 11 is 6.02. The lowest BCUT2D eigenvalue weighted by Crippen LogP contribution is -2.34. The van der Waals surface area contributed by atoms with E-state index >= 15 is 0 Å². The molecule has 0 bridgehead atoms. The van der Waals surface area contributed by atoms with Gasteiger partial charge in [-0.2, -0.15) is 0 Å². The number of anilines is 1. The quantitative estimate of drug-likeness (QED) is 0.784. The topological polar surface area (TPSA) is 85.5 Å². The molecule has 1 aromatic heterocycles. The number of rotatable bonds is 6. The molecule has 1 aliphatic heterocycles. The number of primary amides is 1. The number of carbonyl (C=O) groups is 2.